The first-order valence-electron chi connectivity index (χ1n) is 8.49. The van der Waals surface area contributed by atoms with Gasteiger partial charge in [-0.25, -0.2) is 8.78 Å². The van der Waals surface area contributed by atoms with Crippen LogP contribution in [0.25, 0.3) is 11.1 Å². The van der Waals surface area contributed by atoms with Gasteiger partial charge in [-0.1, -0.05) is 60.7 Å². The molecule has 2 aromatic rings. The molecule has 0 N–H and O–H groups in total. The molecule has 1 saturated carbocycles. The standard InChI is InChI=1S/C22H22F2/c1-15-3-8-18(9-4-15)19-10-5-17(6-11-19)7-12-20-21(23)13-16(2)14-22(20)24/h3-6,8-11,16,20-22H,13-14H2,1-2H3. The van der Waals surface area contributed by atoms with Gasteiger partial charge in [-0.3, -0.25) is 0 Å². The largest absolute Gasteiger partial charge is 0.246 e. The van der Waals surface area contributed by atoms with E-state index in [0.29, 0.717) is 12.8 Å². The minimum Gasteiger partial charge on any atom is -0.246 e. The topological polar surface area (TPSA) is 0 Å². The minimum absolute atomic E-state index is 0.0989. The summed E-state index contributed by atoms with van der Waals surface area (Å²) >= 11 is 0. The van der Waals surface area contributed by atoms with Crippen molar-refractivity contribution in [3.63, 3.8) is 0 Å². The quantitative estimate of drug-likeness (QED) is 0.587. The Morgan fingerprint density at radius 2 is 1.33 bits per heavy atom. The highest BCUT2D eigenvalue weighted by molar-refractivity contribution is 5.64. The molecule has 1 aliphatic rings. The fourth-order valence-corrected chi connectivity index (χ4v) is 3.22. The zero-order valence-electron chi connectivity index (χ0n) is 14.1. The number of alkyl halides is 2. The molecule has 124 valence electrons. The number of halogens is 2. The molecule has 1 aliphatic carbocycles. The minimum atomic E-state index is -1.16. The number of rotatable bonds is 1. The van der Waals surface area contributed by atoms with Crippen LogP contribution < -0.4 is 0 Å². The maximum atomic E-state index is 14.0. The van der Waals surface area contributed by atoms with Crippen LogP contribution in [-0.2, 0) is 0 Å². The lowest BCUT2D eigenvalue weighted by atomic mass is 9.80. The Balaban J connectivity index is 1.74. The van der Waals surface area contributed by atoms with E-state index >= 15 is 0 Å². The second-order valence-electron chi connectivity index (χ2n) is 6.85. The maximum Gasteiger partial charge on any atom is 0.117 e. The lowest BCUT2D eigenvalue weighted by molar-refractivity contribution is 0.0815. The third-order valence-corrected chi connectivity index (χ3v) is 4.69. The number of aryl methyl sites for hydroxylation is 1. The Morgan fingerprint density at radius 1 is 0.833 bits per heavy atom. The zero-order chi connectivity index (χ0) is 17.1. The van der Waals surface area contributed by atoms with Crippen LogP contribution in [0.1, 0.15) is 30.9 Å². The third kappa shape index (κ3) is 3.85. The van der Waals surface area contributed by atoms with Gasteiger partial charge in [0.2, 0.25) is 0 Å². The third-order valence-electron chi connectivity index (χ3n) is 4.69. The number of benzene rings is 2. The molecule has 0 amide bonds. The average Bonchev–Trinajstić information content (AvgIpc) is 2.55. The van der Waals surface area contributed by atoms with Crippen LogP contribution >= 0.6 is 0 Å². The predicted molar refractivity (Wildman–Crippen MR) is 95.2 cm³/mol. The molecular formula is C22H22F2. The van der Waals surface area contributed by atoms with Gasteiger partial charge in [-0.2, -0.15) is 0 Å². The van der Waals surface area contributed by atoms with E-state index < -0.39 is 18.3 Å². The molecule has 0 spiro atoms. The van der Waals surface area contributed by atoms with Crippen molar-refractivity contribution >= 4 is 0 Å². The summed E-state index contributed by atoms with van der Waals surface area (Å²) < 4.78 is 28.1. The lowest BCUT2D eigenvalue weighted by Gasteiger charge is -2.29. The van der Waals surface area contributed by atoms with E-state index in [1.807, 2.05) is 31.2 Å². The summed E-state index contributed by atoms with van der Waals surface area (Å²) in [5.74, 6) is 5.08. The van der Waals surface area contributed by atoms with Crippen LogP contribution in [0.4, 0.5) is 8.78 Å². The molecule has 0 saturated heterocycles. The van der Waals surface area contributed by atoms with Crippen molar-refractivity contribution in [1.29, 1.82) is 0 Å². The van der Waals surface area contributed by atoms with Crippen molar-refractivity contribution < 1.29 is 8.78 Å². The van der Waals surface area contributed by atoms with Crippen LogP contribution in [-0.4, -0.2) is 12.3 Å². The summed E-state index contributed by atoms with van der Waals surface area (Å²) in [6.07, 6.45) is -1.51. The summed E-state index contributed by atoms with van der Waals surface area (Å²) in [6, 6.07) is 16.1. The van der Waals surface area contributed by atoms with Gasteiger partial charge in [0.15, 0.2) is 0 Å². The maximum absolute atomic E-state index is 14.0. The molecule has 0 nitrogen and oxygen atoms in total. The first kappa shape index (κ1) is 16.7. The highest BCUT2D eigenvalue weighted by Gasteiger charge is 2.35. The van der Waals surface area contributed by atoms with Crippen LogP contribution in [0, 0.1) is 30.6 Å². The molecule has 0 heterocycles. The van der Waals surface area contributed by atoms with E-state index in [-0.39, 0.29) is 5.92 Å². The predicted octanol–water partition coefficient (Wildman–Crippen LogP) is 5.74. The fourth-order valence-electron chi connectivity index (χ4n) is 3.22. The van der Waals surface area contributed by atoms with Gasteiger partial charge >= 0.3 is 0 Å². The Hall–Kier alpha value is -2.14. The Morgan fingerprint density at radius 3 is 1.88 bits per heavy atom. The highest BCUT2D eigenvalue weighted by Crippen LogP contribution is 2.33. The normalized spacial score (nSPS) is 26.5. The second-order valence-corrected chi connectivity index (χ2v) is 6.85. The number of hydrogen-bond acceptors (Lipinski definition) is 0. The summed E-state index contributed by atoms with van der Waals surface area (Å²) in [7, 11) is 0. The van der Waals surface area contributed by atoms with Crippen molar-refractivity contribution in [3.05, 3.63) is 59.7 Å². The molecule has 0 aromatic heterocycles. The van der Waals surface area contributed by atoms with Crippen LogP contribution in [0.15, 0.2) is 48.5 Å². The first-order valence-corrected chi connectivity index (χ1v) is 8.49. The number of hydrogen-bond donors (Lipinski definition) is 0. The molecule has 0 radical (unpaired) electrons. The molecule has 0 aliphatic heterocycles. The molecule has 2 aromatic carbocycles. The van der Waals surface area contributed by atoms with Crippen molar-refractivity contribution in [2.75, 3.05) is 0 Å². The van der Waals surface area contributed by atoms with E-state index in [1.165, 1.54) is 5.56 Å². The Bertz CT molecular complexity index is 722. The second kappa shape index (κ2) is 7.18. The molecule has 2 heteroatoms. The Kier molecular flexibility index (Phi) is 5.00. The monoisotopic (exact) mass is 324 g/mol. The van der Waals surface area contributed by atoms with Gasteiger partial charge in [-0.05, 0) is 48.9 Å². The first-order chi connectivity index (χ1) is 11.5. The summed E-state index contributed by atoms with van der Waals surface area (Å²) in [5, 5.41) is 0. The molecular weight excluding hydrogens is 302 g/mol. The van der Waals surface area contributed by atoms with Crippen molar-refractivity contribution in [2.45, 2.75) is 39.0 Å². The van der Waals surface area contributed by atoms with Gasteiger partial charge in [0.1, 0.15) is 12.3 Å². The van der Waals surface area contributed by atoms with Crippen LogP contribution in [0.2, 0.25) is 0 Å². The van der Waals surface area contributed by atoms with Crippen molar-refractivity contribution in [1.82, 2.24) is 0 Å². The summed E-state index contributed by atoms with van der Waals surface area (Å²) in [6.45, 7) is 3.96. The molecule has 2 atom stereocenters. The van der Waals surface area contributed by atoms with Crippen LogP contribution in [0.5, 0.6) is 0 Å². The van der Waals surface area contributed by atoms with E-state index in [0.717, 1.165) is 16.7 Å². The van der Waals surface area contributed by atoms with Crippen LogP contribution in [0.3, 0.4) is 0 Å². The average molecular weight is 324 g/mol. The summed E-state index contributed by atoms with van der Waals surface area (Å²) in [5.41, 5.74) is 4.28. The lowest BCUT2D eigenvalue weighted by Crippen LogP contribution is -2.33. The molecule has 1 fully saturated rings. The molecule has 2 unspecified atom stereocenters. The van der Waals surface area contributed by atoms with E-state index in [2.05, 4.69) is 43.0 Å². The Labute approximate surface area is 142 Å². The van der Waals surface area contributed by atoms with E-state index in [9.17, 15) is 8.78 Å². The SMILES string of the molecule is Cc1ccc(-c2ccc(C#CC3C(F)CC(C)CC3F)cc2)cc1. The molecule has 3 rings (SSSR count). The van der Waals surface area contributed by atoms with Gasteiger partial charge in [0, 0.05) is 5.56 Å². The van der Waals surface area contributed by atoms with Gasteiger partial charge in [0.25, 0.3) is 0 Å². The zero-order valence-corrected chi connectivity index (χ0v) is 14.1. The van der Waals surface area contributed by atoms with Gasteiger partial charge < -0.3 is 0 Å². The van der Waals surface area contributed by atoms with Crippen molar-refractivity contribution in [2.24, 2.45) is 11.8 Å². The summed E-state index contributed by atoms with van der Waals surface area (Å²) in [4.78, 5) is 0. The van der Waals surface area contributed by atoms with E-state index in [1.54, 1.807) is 0 Å². The molecule has 0 bridgehead atoms. The van der Waals surface area contributed by atoms with Gasteiger partial charge in [0.05, 0.1) is 5.92 Å². The highest BCUT2D eigenvalue weighted by atomic mass is 19.1. The van der Waals surface area contributed by atoms with E-state index in [4.69, 9.17) is 0 Å². The fraction of sp³-hybridized carbons (Fsp3) is 0.364. The smallest absolute Gasteiger partial charge is 0.117 e. The molecule has 24 heavy (non-hydrogen) atoms. The van der Waals surface area contributed by atoms with Crippen molar-refractivity contribution in [3.8, 4) is 23.0 Å². The van der Waals surface area contributed by atoms with Gasteiger partial charge in [-0.15, -0.1) is 0 Å².